The van der Waals surface area contributed by atoms with Crippen molar-refractivity contribution in [2.24, 2.45) is 0 Å². The van der Waals surface area contributed by atoms with E-state index in [1.807, 2.05) is 48.2 Å². The molecule has 0 radical (unpaired) electrons. The maximum Gasteiger partial charge on any atom is 0.270 e. The fourth-order valence-electron chi connectivity index (χ4n) is 3.98. The van der Waals surface area contributed by atoms with Gasteiger partial charge in [-0.25, -0.2) is 4.98 Å². The third-order valence-electron chi connectivity index (χ3n) is 5.34. The molecular formula is C21H23ClN4O. The van der Waals surface area contributed by atoms with Crippen molar-refractivity contribution < 1.29 is 4.79 Å². The van der Waals surface area contributed by atoms with Gasteiger partial charge in [0.1, 0.15) is 11.3 Å². The van der Waals surface area contributed by atoms with Gasteiger partial charge in [-0.05, 0) is 43.0 Å². The van der Waals surface area contributed by atoms with Crippen molar-refractivity contribution in [3.63, 3.8) is 0 Å². The van der Waals surface area contributed by atoms with Gasteiger partial charge in [0, 0.05) is 30.7 Å². The Hall–Kier alpha value is -2.40. The number of fused-ring (bicyclic) bond motifs is 1. The van der Waals surface area contributed by atoms with Crippen LogP contribution in [0.3, 0.4) is 0 Å². The van der Waals surface area contributed by atoms with Crippen LogP contribution in [0, 0.1) is 0 Å². The summed E-state index contributed by atoms with van der Waals surface area (Å²) in [4.78, 5) is 23.9. The molecule has 3 aromatic rings. The highest BCUT2D eigenvalue weighted by Crippen LogP contribution is 2.35. The molecule has 1 aliphatic carbocycles. The Balaban J connectivity index is 1.74. The molecule has 5 nitrogen and oxygen atoms in total. The zero-order chi connectivity index (χ0) is 18.8. The van der Waals surface area contributed by atoms with Crippen molar-refractivity contribution in [2.45, 2.75) is 45.2 Å². The number of benzene rings is 1. The number of aromatic nitrogens is 3. The minimum Gasteiger partial charge on any atom is -0.333 e. The van der Waals surface area contributed by atoms with E-state index in [1.165, 1.54) is 12.8 Å². The molecule has 140 valence electrons. The molecule has 27 heavy (non-hydrogen) atoms. The average Bonchev–Trinajstić information content (AvgIpc) is 3.33. The molecule has 0 spiro atoms. The molecule has 1 aliphatic rings. The lowest BCUT2D eigenvalue weighted by Gasteiger charge is -2.24. The first-order valence-corrected chi connectivity index (χ1v) is 9.92. The average molecular weight is 383 g/mol. The summed E-state index contributed by atoms with van der Waals surface area (Å²) in [5.41, 5.74) is 2.58. The van der Waals surface area contributed by atoms with Gasteiger partial charge < -0.3 is 9.47 Å². The van der Waals surface area contributed by atoms with Crippen LogP contribution in [0.15, 0.2) is 42.6 Å². The Bertz CT molecular complexity index is 947. The van der Waals surface area contributed by atoms with Crippen LogP contribution in [-0.2, 0) is 6.54 Å². The third-order valence-corrected chi connectivity index (χ3v) is 5.52. The third kappa shape index (κ3) is 3.56. The number of rotatable bonds is 5. The summed E-state index contributed by atoms with van der Waals surface area (Å²) in [5.74, 6) is 0.0300. The zero-order valence-electron chi connectivity index (χ0n) is 15.4. The monoisotopic (exact) mass is 382 g/mol. The summed E-state index contributed by atoms with van der Waals surface area (Å²) in [7, 11) is 0. The summed E-state index contributed by atoms with van der Waals surface area (Å²) < 4.78 is 2.10. The van der Waals surface area contributed by atoms with Crippen LogP contribution in [0.2, 0.25) is 5.28 Å². The molecule has 0 aliphatic heterocycles. The van der Waals surface area contributed by atoms with Crippen LogP contribution in [0.1, 0.15) is 54.7 Å². The lowest BCUT2D eigenvalue weighted by atomic mass is 10.2. The molecule has 2 aromatic heterocycles. The molecular weight excluding hydrogens is 360 g/mol. The van der Waals surface area contributed by atoms with Gasteiger partial charge in [0.15, 0.2) is 0 Å². The number of hydrogen-bond acceptors (Lipinski definition) is 3. The second-order valence-electron chi connectivity index (χ2n) is 7.06. The van der Waals surface area contributed by atoms with Gasteiger partial charge in [-0.1, -0.05) is 43.2 Å². The zero-order valence-corrected chi connectivity index (χ0v) is 16.2. The fraction of sp³-hybridized carbons (Fsp3) is 0.381. The quantitative estimate of drug-likeness (QED) is 0.592. The van der Waals surface area contributed by atoms with Gasteiger partial charge >= 0.3 is 0 Å². The van der Waals surface area contributed by atoms with Crippen molar-refractivity contribution in [2.75, 3.05) is 6.54 Å². The Labute approximate surface area is 164 Å². The van der Waals surface area contributed by atoms with Gasteiger partial charge in [0.05, 0.1) is 0 Å². The van der Waals surface area contributed by atoms with E-state index >= 15 is 0 Å². The van der Waals surface area contributed by atoms with E-state index < -0.39 is 0 Å². The molecule has 0 saturated heterocycles. The van der Waals surface area contributed by atoms with Crippen molar-refractivity contribution in [1.82, 2.24) is 19.4 Å². The molecule has 4 rings (SSSR count). The van der Waals surface area contributed by atoms with Gasteiger partial charge in [0.25, 0.3) is 5.91 Å². The number of nitrogens with zero attached hydrogens (tertiary/aromatic N) is 4. The summed E-state index contributed by atoms with van der Waals surface area (Å²) in [6, 6.07) is 12.3. The molecule has 1 fully saturated rings. The second kappa shape index (κ2) is 7.69. The van der Waals surface area contributed by atoms with Crippen molar-refractivity contribution in [1.29, 1.82) is 0 Å². The molecule has 0 bridgehead atoms. The Morgan fingerprint density at radius 3 is 2.70 bits per heavy atom. The minimum absolute atomic E-state index is 0.0300. The highest BCUT2D eigenvalue weighted by atomic mass is 35.5. The molecule has 2 heterocycles. The molecule has 6 heteroatoms. The van der Waals surface area contributed by atoms with E-state index in [9.17, 15) is 4.79 Å². The van der Waals surface area contributed by atoms with E-state index in [2.05, 4.69) is 14.5 Å². The predicted molar refractivity (Wildman–Crippen MR) is 107 cm³/mol. The summed E-state index contributed by atoms with van der Waals surface area (Å²) >= 11 is 6.05. The van der Waals surface area contributed by atoms with Crippen LogP contribution in [0.4, 0.5) is 0 Å². The Morgan fingerprint density at radius 1 is 1.26 bits per heavy atom. The first-order valence-electron chi connectivity index (χ1n) is 9.54. The van der Waals surface area contributed by atoms with Crippen molar-refractivity contribution in [3.05, 3.63) is 59.1 Å². The van der Waals surface area contributed by atoms with Gasteiger partial charge in [-0.3, -0.25) is 4.79 Å². The van der Waals surface area contributed by atoms with E-state index in [1.54, 1.807) is 6.20 Å². The maximum atomic E-state index is 13.4. The summed E-state index contributed by atoms with van der Waals surface area (Å²) in [6.45, 7) is 3.25. The van der Waals surface area contributed by atoms with Crippen LogP contribution in [0.25, 0.3) is 11.0 Å². The second-order valence-corrected chi connectivity index (χ2v) is 7.40. The van der Waals surface area contributed by atoms with E-state index in [0.29, 0.717) is 24.8 Å². The summed E-state index contributed by atoms with van der Waals surface area (Å²) in [6.07, 6.45) is 6.20. The molecule has 1 saturated carbocycles. The molecule has 0 N–H and O–H groups in total. The molecule has 1 aromatic carbocycles. The standard InChI is InChI=1S/C21H23ClN4O/c1-2-25(14-15-8-4-3-5-9-15)20(27)18-12-16-13-23-21(22)24-19(16)26(18)17-10-6-7-11-17/h3-5,8-9,12-13,17H,2,6-7,10-11,14H2,1H3. The van der Waals surface area contributed by atoms with Crippen LogP contribution < -0.4 is 0 Å². The number of carbonyl (C=O) groups excluding carboxylic acids is 1. The molecule has 0 atom stereocenters. The highest BCUT2D eigenvalue weighted by molar-refractivity contribution is 6.28. The predicted octanol–water partition coefficient (Wildman–Crippen LogP) is 4.86. The van der Waals surface area contributed by atoms with Crippen molar-refractivity contribution >= 4 is 28.5 Å². The van der Waals surface area contributed by atoms with Gasteiger partial charge in [0.2, 0.25) is 5.28 Å². The maximum absolute atomic E-state index is 13.4. The first-order chi connectivity index (χ1) is 13.2. The Morgan fingerprint density at radius 2 is 2.00 bits per heavy atom. The van der Waals surface area contributed by atoms with E-state index in [-0.39, 0.29) is 11.2 Å². The Kier molecular flexibility index (Phi) is 5.12. The largest absolute Gasteiger partial charge is 0.333 e. The number of hydrogen-bond donors (Lipinski definition) is 0. The van der Waals surface area contributed by atoms with Crippen molar-refractivity contribution in [3.8, 4) is 0 Å². The number of amides is 1. The lowest BCUT2D eigenvalue weighted by Crippen LogP contribution is -2.32. The van der Waals surface area contributed by atoms with E-state index in [4.69, 9.17) is 11.6 Å². The smallest absolute Gasteiger partial charge is 0.270 e. The molecule has 1 amide bonds. The highest BCUT2D eigenvalue weighted by Gasteiger charge is 2.27. The van der Waals surface area contributed by atoms with Gasteiger partial charge in [-0.2, -0.15) is 4.98 Å². The SMILES string of the molecule is CCN(Cc1ccccc1)C(=O)c1cc2cnc(Cl)nc2n1C1CCCC1. The lowest BCUT2D eigenvalue weighted by molar-refractivity contribution is 0.0740. The van der Waals surface area contributed by atoms with E-state index in [0.717, 1.165) is 29.4 Å². The fourth-order valence-corrected chi connectivity index (χ4v) is 4.11. The normalized spacial score (nSPS) is 14.7. The minimum atomic E-state index is 0.0300. The van der Waals surface area contributed by atoms with Crippen LogP contribution >= 0.6 is 11.6 Å². The van der Waals surface area contributed by atoms with Gasteiger partial charge in [-0.15, -0.1) is 0 Å². The summed E-state index contributed by atoms with van der Waals surface area (Å²) in [5, 5.41) is 1.08. The van der Waals surface area contributed by atoms with Crippen LogP contribution in [0.5, 0.6) is 0 Å². The van der Waals surface area contributed by atoms with Crippen LogP contribution in [-0.4, -0.2) is 31.9 Å². The number of halogens is 1. The first kappa shape index (κ1) is 18.0. The number of carbonyl (C=O) groups is 1. The topological polar surface area (TPSA) is 51.0 Å². The molecule has 0 unspecified atom stereocenters.